The van der Waals surface area contributed by atoms with Gasteiger partial charge in [0.15, 0.2) is 49.6 Å². The Kier molecular flexibility index (Phi) is 21.6. The molecule has 14 heteroatoms. The van der Waals surface area contributed by atoms with Gasteiger partial charge in [-0.15, -0.1) is 0 Å². The number of pyridine rings is 4. The highest BCUT2D eigenvalue weighted by molar-refractivity contribution is 6.09. The maximum absolute atomic E-state index is 6.63. The largest absolute Gasteiger partial charge is 0.494 e. The van der Waals surface area contributed by atoms with Crippen LogP contribution in [0.3, 0.4) is 0 Å². The molecule has 0 fully saturated rings. The Hall–Kier alpha value is -11.1. The van der Waals surface area contributed by atoms with Crippen molar-refractivity contribution in [2.75, 3.05) is 39.6 Å². The van der Waals surface area contributed by atoms with Crippen molar-refractivity contribution in [1.29, 1.82) is 0 Å². The Morgan fingerprint density at radius 2 is 0.564 bits per heavy atom. The first kappa shape index (κ1) is 63.0. The molecule has 4 heterocycles. The van der Waals surface area contributed by atoms with Crippen LogP contribution in [0.25, 0.3) is 54.9 Å². The molecule has 8 aromatic carbocycles. The van der Waals surface area contributed by atoms with Crippen LogP contribution >= 0.6 is 0 Å². The molecule has 0 aliphatic rings. The number of aryl methyl sites for hydroxylation is 4. The summed E-state index contributed by atoms with van der Waals surface area (Å²) in [5, 5.41) is 22.1. The number of ether oxygens (including phenoxy) is 6. The van der Waals surface area contributed by atoms with E-state index < -0.39 is 0 Å². The fourth-order valence-electron chi connectivity index (χ4n) is 11.1. The van der Waals surface area contributed by atoms with Gasteiger partial charge in [-0.1, -0.05) is 60.7 Å². The molecule has 12 aromatic rings. The number of nitrogens with zero attached hydrogens (tertiary/aromatic N) is 8. The van der Waals surface area contributed by atoms with E-state index in [1.165, 1.54) is 22.3 Å². The highest BCUT2D eigenvalue weighted by Gasteiger charge is 2.20. The predicted molar refractivity (Wildman–Crippen MR) is 368 cm³/mol. The van der Waals surface area contributed by atoms with Gasteiger partial charge in [0.1, 0.15) is 88.1 Å². The number of azo groups is 2. The van der Waals surface area contributed by atoms with E-state index in [0.29, 0.717) is 62.5 Å². The first-order valence-electron chi connectivity index (χ1n) is 32.3. The minimum absolute atomic E-state index is 0.307. The molecule has 12 rings (SSSR count). The zero-order chi connectivity index (χ0) is 63.9. The van der Waals surface area contributed by atoms with Crippen LogP contribution in [0.2, 0.25) is 0 Å². The Morgan fingerprint density at radius 1 is 0.266 bits per heavy atom. The van der Waals surface area contributed by atoms with Crippen molar-refractivity contribution in [2.24, 2.45) is 34.6 Å². The van der Waals surface area contributed by atoms with E-state index in [4.69, 9.17) is 28.4 Å². The molecule has 0 radical (unpaired) electrons. The molecule has 470 valence electrons. The third-order valence-corrected chi connectivity index (χ3v) is 16.2. The average molecular weight is 1250 g/mol. The Morgan fingerprint density at radius 3 is 0.904 bits per heavy atom. The smallest absolute Gasteiger partial charge is 0.169 e. The van der Waals surface area contributed by atoms with Gasteiger partial charge in [-0.25, -0.2) is 18.3 Å². The normalized spacial score (nSPS) is 11.4. The van der Waals surface area contributed by atoms with Crippen molar-refractivity contribution in [2.45, 2.75) is 51.6 Å². The SMILES string of the molecule is C[n+]1ccc(-c2cc[n+](CCCCCOc3ccc(N=Nc4ccc(OCCOc5ccc6ccccc6c5-c5c(OCCOc6ccc(N=Nc7ccc(OCCCCC[n+]8ccc(-c9cc[n+](C)cc9)cc8)cc7)cc6)ccc6ccccc56)cc4)cc3)cc2)cc1. The van der Waals surface area contributed by atoms with E-state index in [1.807, 2.05) is 132 Å². The lowest BCUT2D eigenvalue weighted by atomic mass is 9.92. The molecule has 0 bridgehead atoms. The van der Waals surface area contributed by atoms with Crippen LogP contribution in [0.4, 0.5) is 22.7 Å². The van der Waals surface area contributed by atoms with Gasteiger partial charge >= 0.3 is 0 Å². The lowest BCUT2D eigenvalue weighted by molar-refractivity contribution is -0.697. The highest BCUT2D eigenvalue weighted by Crippen LogP contribution is 2.46. The third kappa shape index (κ3) is 17.7. The maximum Gasteiger partial charge on any atom is 0.169 e. The minimum atomic E-state index is 0.307. The molecule has 0 amide bonds. The van der Waals surface area contributed by atoms with Crippen LogP contribution < -0.4 is 46.7 Å². The first-order valence-corrected chi connectivity index (χ1v) is 32.3. The fourth-order valence-corrected chi connectivity index (χ4v) is 11.1. The second-order valence-corrected chi connectivity index (χ2v) is 23.1. The summed E-state index contributed by atoms with van der Waals surface area (Å²) in [6.45, 7) is 4.55. The third-order valence-electron chi connectivity index (χ3n) is 16.2. The maximum atomic E-state index is 6.63. The van der Waals surface area contributed by atoms with Crippen molar-refractivity contribution < 1.29 is 46.7 Å². The number of hydrogen-bond acceptors (Lipinski definition) is 10. The molecular formula is C80H78N8O6+4. The van der Waals surface area contributed by atoms with Gasteiger partial charge in [-0.2, -0.15) is 20.5 Å². The summed E-state index contributed by atoms with van der Waals surface area (Å²) in [4.78, 5) is 0. The van der Waals surface area contributed by atoms with Gasteiger partial charge in [0, 0.05) is 72.5 Å². The van der Waals surface area contributed by atoms with E-state index in [2.05, 4.69) is 188 Å². The Labute approximate surface area is 549 Å². The number of aromatic nitrogens is 4. The summed E-state index contributed by atoms with van der Waals surface area (Å²) >= 11 is 0. The van der Waals surface area contributed by atoms with E-state index in [0.717, 1.165) is 119 Å². The van der Waals surface area contributed by atoms with Gasteiger partial charge in [0.05, 0.1) is 36.0 Å². The molecule has 0 saturated carbocycles. The molecule has 0 atom stereocenters. The second-order valence-electron chi connectivity index (χ2n) is 23.1. The van der Waals surface area contributed by atoms with Crippen molar-refractivity contribution >= 4 is 44.3 Å². The van der Waals surface area contributed by atoms with E-state index in [1.54, 1.807) is 0 Å². The first-order chi connectivity index (χ1) is 46.4. The number of benzene rings is 8. The zero-order valence-corrected chi connectivity index (χ0v) is 53.3. The van der Waals surface area contributed by atoms with Crippen LogP contribution in [0, 0.1) is 0 Å². The van der Waals surface area contributed by atoms with Crippen molar-refractivity contribution in [3.63, 3.8) is 0 Å². The van der Waals surface area contributed by atoms with Gasteiger partial charge in [-0.3, -0.25) is 0 Å². The summed E-state index contributed by atoms with van der Waals surface area (Å²) in [6, 6.07) is 72.8. The lowest BCUT2D eigenvalue weighted by Gasteiger charge is -2.20. The van der Waals surface area contributed by atoms with Crippen molar-refractivity contribution in [3.05, 3.63) is 268 Å². The molecule has 0 N–H and O–H groups in total. The summed E-state index contributed by atoms with van der Waals surface area (Å²) in [6.07, 6.45) is 23.3. The molecule has 94 heavy (non-hydrogen) atoms. The van der Waals surface area contributed by atoms with E-state index in [9.17, 15) is 0 Å². The standard InChI is InChI=1S/C80H78N8O6/c1-85-47-37-61(38-48-85)63-41-51-87(52-42-63)45-9-3-11-55-89-71-27-19-67(20-28-71)81-83-69-23-31-73(32-24-69)91-57-59-93-77-35-17-65-13-5-7-15-75(65)79(77)80-76-16-8-6-14-66(76)18-36-78(80)94-60-58-92-74-33-25-70(26-34-74)84-82-68-21-29-72(30-22-68)90-56-12-4-10-46-88-53-43-64(44-54-88)62-39-49-86(2)50-40-62/h5-8,13-44,47-54H,3-4,9-12,45-46,55-60H2,1-2H3/q+4. The zero-order valence-electron chi connectivity index (χ0n) is 53.3. The summed E-state index contributed by atoms with van der Waals surface area (Å²) in [5.41, 5.74) is 9.70. The fraction of sp³-hybridized carbons (Fsp3) is 0.200. The molecular weight excluding hydrogens is 1170 g/mol. The number of hydrogen-bond donors (Lipinski definition) is 0. The summed E-state index contributed by atoms with van der Waals surface area (Å²) in [5.74, 6) is 4.50. The molecule has 0 aliphatic heterocycles. The minimum Gasteiger partial charge on any atom is -0.494 e. The van der Waals surface area contributed by atoms with Crippen LogP contribution in [0.1, 0.15) is 38.5 Å². The van der Waals surface area contributed by atoms with Gasteiger partial charge in [0.25, 0.3) is 0 Å². The molecule has 4 aromatic heterocycles. The molecule has 0 saturated heterocycles. The van der Waals surface area contributed by atoms with Crippen molar-refractivity contribution in [3.8, 4) is 67.9 Å². The Bertz CT molecular complexity index is 4130. The highest BCUT2D eigenvalue weighted by atomic mass is 16.5. The molecule has 0 aliphatic carbocycles. The number of fused-ring (bicyclic) bond motifs is 2. The number of rotatable bonds is 31. The van der Waals surface area contributed by atoms with Crippen LogP contribution in [0.15, 0.2) is 288 Å². The topological polar surface area (TPSA) is 120 Å². The van der Waals surface area contributed by atoms with E-state index in [-0.39, 0.29) is 0 Å². The van der Waals surface area contributed by atoms with Gasteiger partial charge in [-0.05, 0) is 179 Å². The average Bonchev–Trinajstić information content (AvgIpc) is 0.861. The van der Waals surface area contributed by atoms with Crippen LogP contribution in [-0.4, -0.2) is 39.6 Å². The van der Waals surface area contributed by atoms with E-state index >= 15 is 0 Å². The number of unbranched alkanes of at least 4 members (excludes halogenated alkanes) is 4. The van der Waals surface area contributed by atoms with Gasteiger partial charge < -0.3 is 28.4 Å². The molecule has 0 spiro atoms. The lowest BCUT2D eigenvalue weighted by Crippen LogP contribution is -2.32. The second kappa shape index (κ2) is 32.2. The summed E-state index contributed by atoms with van der Waals surface area (Å²) < 4.78 is 46.3. The summed E-state index contributed by atoms with van der Waals surface area (Å²) in [7, 11) is 4.06. The Balaban J connectivity index is 0.573. The molecule has 14 nitrogen and oxygen atoms in total. The molecule has 0 unspecified atom stereocenters. The monoisotopic (exact) mass is 1250 g/mol. The predicted octanol–water partition coefficient (Wildman–Crippen LogP) is 17.5. The van der Waals surface area contributed by atoms with Crippen LogP contribution in [-0.2, 0) is 27.2 Å². The van der Waals surface area contributed by atoms with Crippen molar-refractivity contribution in [1.82, 2.24) is 0 Å². The van der Waals surface area contributed by atoms with Crippen LogP contribution in [0.5, 0.6) is 34.5 Å². The quantitative estimate of drug-likeness (QED) is 0.0242. The van der Waals surface area contributed by atoms with Gasteiger partial charge in [0.2, 0.25) is 0 Å².